The van der Waals surface area contributed by atoms with Gasteiger partial charge in [0, 0.05) is 25.5 Å². The van der Waals surface area contributed by atoms with Crippen molar-refractivity contribution in [3.63, 3.8) is 0 Å². The van der Waals surface area contributed by atoms with Crippen molar-refractivity contribution in [1.82, 2.24) is 4.90 Å². The highest BCUT2D eigenvalue weighted by molar-refractivity contribution is 5.85. The van der Waals surface area contributed by atoms with Crippen molar-refractivity contribution >= 4 is 11.9 Å². The van der Waals surface area contributed by atoms with Gasteiger partial charge in [-0.25, -0.2) is 4.79 Å². The molecule has 0 aromatic carbocycles. The van der Waals surface area contributed by atoms with E-state index in [0.29, 0.717) is 6.54 Å². The maximum absolute atomic E-state index is 11.2. The lowest BCUT2D eigenvalue weighted by atomic mass is 10.1. The third-order valence-corrected chi connectivity index (χ3v) is 2.32. The predicted octanol–water partition coefficient (Wildman–Crippen LogP) is -0.700. The van der Waals surface area contributed by atoms with Crippen molar-refractivity contribution in [2.45, 2.75) is 19.4 Å². The Morgan fingerprint density at radius 3 is 2.77 bits per heavy atom. The molecule has 0 aromatic heterocycles. The van der Waals surface area contributed by atoms with Crippen LogP contribution in [0.15, 0.2) is 0 Å². The van der Waals surface area contributed by atoms with E-state index in [0.717, 1.165) is 0 Å². The summed E-state index contributed by atoms with van der Waals surface area (Å²) in [6, 6.07) is -0.788. The second kappa shape index (κ2) is 3.74. The monoisotopic (exact) mass is 187 g/mol. The summed E-state index contributed by atoms with van der Waals surface area (Å²) in [4.78, 5) is 23.1. The maximum Gasteiger partial charge on any atom is 0.326 e. The molecule has 5 nitrogen and oxygen atoms in total. The largest absolute Gasteiger partial charge is 0.480 e. The molecule has 1 unspecified atom stereocenters. The number of hydrogen-bond acceptors (Lipinski definition) is 3. The second-order valence-corrected chi connectivity index (χ2v) is 3.31. The van der Waals surface area contributed by atoms with Crippen molar-refractivity contribution in [1.29, 1.82) is 0 Å². The number of carboxylic acids is 1. The van der Waals surface area contributed by atoms with E-state index in [9.17, 15) is 9.59 Å². The fourth-order valence-electron chi connectivity index (χ4n) is 1.44. The molecule has 2 atom stereocenters. The molecule has 1 aliphatic heterocycles. The summed E-state index contributed by atoms with van der Waals surface area (Å²) in [5.74, 6) is -1.30. The van der Waals surface area contributed by atoms with Gasteiger partial charge >= 0.3 is 5.97 Å². The first-order valence-electron chi connectivity index (χ1n) is 4.19. The molecule has 1 amide bonds. The Bertz CT molecular complexity index is 228. The Labute approximate surface area is 76.0 Å². The average molecular weight is 187 g/mol. The first-order valence-corrected chi connectivity index (χ1v) is 4.19. The van der Waals surface area contributed by atoms with Crippen LogP contribution in [0.25, 0.3) is 0 Å². The van der Waals surface area contributed by atoms with Gasteiger partial charge in [-0.1, -0.05) is 0 Å². The molecule has 1 aliphatic rings. The van der Waals surface area contributed by atoms with Gasteiger partial charge in [-0.2, -0.15) is 0 Å². The Hall–Kier alpha value is -1.10. The fourth-order valence-corrected chi connectivity index (χ4v) is 1.44. The minimum Gasteiger partial charge on any atom is -0.480 e. The van der Waals surface area contributed by atoms with E-state index in [-0.39, 0.29) is 24.9 Å². The normalized spacial score (nSPS) is 24.9. The number of hydrogen-bond donors (Lipinski definition) is 2. The molecular weight excluding hydrogens is 174 g/mol. The van der Waals surface area contributed by atoms with E-state index < -0.39 is 12.0 Å². The molecule has 2 N–H and O–H groups in total. The highest BCUT2D eigenvalue weighted by atomic mass is 16.4. The van der Waals surface area contributed by atoms with Gasteiger partial charge in [0.15, 0.2) is 0 Å². The molecule has 5 heteroatoms. The van der Waals surface area contributed by atoms with Crippen LogP contribution in [-0.4, -0.2) is 46.2 Å². The topological polar surface area (TPSA) is 77.8 Å². The SMILES string of the molecule is C[C@@H](C(=O)O)N1CC(CO)CC1=O. The molecule has 0 aliphatic carbocycles. The molecule has 0 radical (unpaired) electrons. The summed E-state index contributed by atoms with van der Waals surface area (Å²) in [6.45, 7) is 1.76. The summed E-state index contributed by atoms with van der Waals surface area (Å²) in [7, 11) is 0. The Balaban J connectivity index is 2.62. The lowest BCUT2D eigenvalue weighted by molar-refractivity contribution is -0.147. The third-order valence-electron chi connectivity index (χ3n) is 2.32. The first-order chi connectivity index (χ1) is 6.06. The quantitative estimate of drug-likeness (QED) is 0.612. The lowest BCUT2D eigenvalue weighted by Crippen LogP contribution is -2.40. The fraction of sp³-hybridized carbons (Fsp3) is 0.750. The van der Waals surface area contributed by atoms with Gasteiger partial charge < -0.3 is 15.1 Å². The van der Waals surface area contributed by atoms with Gasteiger partial charge in [-0.05, 0) is 6.92 Å². The van der Waals surface area contributed by atoms with Gasteiger partial charge in [-0.3, -0.25) is 4.79 Å². The molecule has 1 saturated heterocycles. The van der Waals surface area contributed by atoms with Crippen molar-refractivity contribution in [3.05, 3.63) is 0 Å². The molecule has 0 spiro atoms. The number of carbonyl (C=O) groups excluding carboxylic acids is 1. The number of carboxylic acid groups (broad SMARTS) is 1. The highest BCUT2D eigenvalue weighted by Gasteiger charge is 2.34. The molecule has 1 heterocycles. The Kier molecular flexibility index (Phi) is 2.87. The van der Waals surface area contributed by atoms with Crippen molar-refractivity contribution in [2.75, 3.05) is 13.2 Å². The van der Waals surface area contributed by atoms with Crippen molar-refractivity contribution < 1.29 is 19.8 Å². The van der Waals surface area contributed by atoms with Gasteiger partial charge in [0.1, 0.15) is 6.04 Å². The number of aliphatic carboxylic acids is 1. The molecule has 74 valence electrons. The zero-order chi connectivity index (χ0) is 10.0. The standard InChI is InChI=1S/C8H13NO4/c1-5(8(12)13)9-3-6(4-10)2-7(9)11/h5-6,10H,2-4H2,1H3,(H,12,13)/t5-,6?/m0/s1. The van der Waals surface area contributed by atoms with Gasteiger partial charge in [-0.15, -0.1) is 0 Å². The van der Waals surface area contributed by atoms with Crippen molar-refractivity contribution in [2.24, 2.45) is 5.92 Å². The maximum atomic E-state index is 11.2. The summed E-state index contributed by atoms with van der Waals surface area (Å²) < 4.78 is 0. The molecule has 1 rings (SSSR count). The van der Waals surface area contributed by atoms with E-state index in [1.165, 1.54) is 11.8 Å². The minimum atomic E-state index is -1.01. The second-order valence-electron chi connectivity index (χ2n) is 3.31. The van der Waals surface area contributed by atoms with Crippen LogP contribution >= 0.6 is 0 Å². The highest BCUT2D eigenvalue weighted by Crippen LogP contribution is 2.19. The number of likely N-dealkylation sites (tertiary alicyclic amines) is 1. The average Bonchev–Trinajstić information content (AvgIpc) is 2.45. The number of aliphatic hydroxyl groups is 1. The zero-order valence-electron chi connectivity index (χ0n) is 7.43. The van der Waals surface area contributed by atoms with Crippen LogP contribution in [0, 0.1) is 5.92 Å². The first kappa shape index (κ1) is 9.98. The van der Waals surface area contributed by atoms with Crippen LogP contribution in [-0.2, 0) is 9.59 Å². The van der Waals surface area contributed by atoms with Crippen LogP contribution in [0.2, 0.25) is 0 Å². The lowest BCUT2D eigenvalue weighted by Gasteiger charge is -2.20. The van der Waals surface area contributed by atoms with Crippen LogP contribution in [0.5, 0.6) is 0 Å². The summed E-state index contributed by atoms with van der Waals surface area (Å²) in [5, 5.41) is 17.5. The zero-order valence-corrected chi connectivity index (χ0v) is 7.43. The predicted molar refractivity (Wildman–Crippen MR) is 44.0 cm³/mol. The third kappa shape index (κ3) is 1.98. The van der Waals surface area contributed by atoms with Gasteiger partial charge in [0.2, 0.25) is 5.91 Å². The van der Waals surface area contributed by atoms with Crippen LogP contribution in [0.3, 0.4) is 0 Å². The number of rotatable bonds is 3. The molecule has 1 fully saturated rings. The smallest absolute Gasteiger partial charge is 0.326 e. The molecule has 0 saturated carbocycles. The van der Waals surface area contributed by atoms with Crippen LogP contribution in [0.4, 0.5) is 0 Å². The molecule has 0 aromatic rings. The van der Waals surface area contributed by atoms with E-state index in [1.807, 2.05) is 0 Å². The van der Waals surface area contributed by atoms with E-state index >= 15 is 0 Å². The van der Waals surface area contributed by atoms with E-state index in [1.54, 1.807) is 0 Å². The summed E-state index contributed by atoms with van der Waals surface area (Å²) in [5.41, 5.74) is 0. The molecular formula is C8H13NO4. The number of aliphatic hydroxyl groups excluding tert-OH is 1. The molecule has 13 heavy (non-hydrogen) atoms. The Morgan fingerprint density at radius 1 is 1.77 bits per heavy atom. The minimum absolute atomic E-state index is 0.0609. The summed E-state index contributed by atoms with van der Waals surface area (Å²) in [6.07, 6.45) is 0.258. The van der Waals surface area contributed by atoms with Gasteiger partial charge in [0.25, 0.3) is 0 Å². The number of nitrogens with zero attached hydrogens (tertiary/aromatic N) is 1. The summed E-state index contributed by atoms with van der Waals surface area (Å²) >= 11 is 0. The van der Waals surface area contributed by atoms with E-state index in [4.69, 9.17) is 10.2 Å². The van der Waals surface area contributed by atoms with Crippen LogP contribution in [0.1, 0.15) is 13.3 Å². The number of carbonyl (C=O) groups is 2. The Morgan fingerprint density at radius 2 is 2.38 bits per heavy atom. The van der Waals surface area contributed by atoms with Crippen LogP contribution < -0.4 is 0 Å². The van der Waals surface area contributed by atoms with E-state index in [2.05, 4.69) is 0 Å². The number of amides is 1. The van der Waals surface area contributed by atoms with Crippen molar-refractivity contribution in [3.8, 4) is 0 Å². The van der Waals surface area contributed by atoms with Gasteiger partial charge in [0.05, 0.1) is 0 Å². The molecule has 0 bridgehead atoms.